The number of pyridine rings is 1. The highest BCUT2D eigenvalue weighted by Gasteiger charge is 2.50. The van der Waals surface area contributed by atoms with Crippen LogP contribution in [0.3, 0.4) is 0 Å². The summed E-state index contributed by atoms with van der Waals surface area (Å²) in [4.78, 5) is 32.6. The van der Waals surface area contributed by atoms with Crippen molar-refractivity contribution in [3.05, 3.63) is 47.5 Å². The number of nitrogens with zero attached hydrogens (tertiary/aromatic N) is 5. The average Bonchev–Trinajstić information content (AvgIpc) is 3.29. The SMILES string of the molecule is N#Cc1ccncc1C(=O)N1CCC2(CN(C(=O)Cc3ccn[nH]3)C2)C1. The van der Waals surface area contributed by atoms with Gasteiger partial charge in [0.15, 0.2) is 0 Å². The van der Waals surface area contributed by atoms with Crippen molar-refractivity contribution < 1.29 is 9.59 Å². The van der Waals surface area contributed by atoms with Gasteiger partial charge in [-0.2, -0.15) is 10.4 Å². The van der Waals surface area contributed by atoms with Crippen LogP contribution in [0.5, 0.6) is 0 Å². The maximum absolute atomic E-state index is 12.7. The van der Waals surface area contributed by atoms with Gasteiger partial charge < -0.3 is 9.80 Å². The van der Waals surface area contributed by atoms with Gasteiger partial charge in [-0.15, -0.1) is 0 Å². The second kappa shape index (κ2) is 6.26. The van der Waals surface area contributed by atoms with Gasteiger partial charge in [-0.3, -0.25) is 19.7 Å². The molecule has 0 saturated carbocycles. The molecule has 0 radical (unpaired) electrons. The minimum absolute atomic E-state index is 0.0195. The van der Waals surface area contributed by atoms with E-state index in [1.165, 1.54) is 12.4 Å². The molecule has 0 aliphatic carbocycles. The van der Waals surface area contributed by atoms with E-state index in [4.69, 9.17) is 0 Å². The zero-order valence-electron chi connectivity index (χ0n) is 14.2. The maximum atomic E-state index is 12.7. The second-order valence-electron chi connectivity index (χ2n) is 7.02. The Morgan fingerprint density at radius 2 is 2.04 bits per heavy atom. The van der Waals surface area contributed by atoms with Gasteiger partial charge in [0.1, 0.15) is 6.07 Å². The average molecular weight is 350 g/mol. The Hall–Kier alpha value is -3.21. The molecule has 8 nitrogen and oxygen atoms in total. The Labute approximate surface area is 150 Å². The van der Waals surface area contributed by atoms with E-state index in [9.17, 15) is 14.9 Å². The number of carbonyl (C=O) groups is 2. The predicted octanol–water partition coefficient (Wildman–Crippen LogP) is 0.594. The Morgan fingerprint density at radius 3 is 2.77 bits per heavy atom. The number of aromatic amines is 1. The Kier molecular flexibility index (Phi) is 3.92. The van der Waals surface area contributed by atoms with Gasteiger partial charge in [0.05, 0.1) is 17.5 Å². The van der Waals surface area contributed by atoms with Crippen molar-refractivity contribution in [3.63, 3.8) is 0 Å². The lowest BCUT2D eigenvalue weighted by Crippen LogP contribution is -2.60. The first kappa shape index (κ1) is 16.3. The molecule has 8 heteroatoms. The molecule has 0 aromatic carbocycles. The summed E-state index contributed by atoms with van der Waals surface area (Å²) in [7, 11) is 0. The van der Waals surface area contributed by atoms with Gasteiger partial charge in [0, 0.05) is 55.9 Å². The van der Waals surface area contributed by atoms with Crippen LogP contribution in [0.25, 0.3) is 0 Å². The van der Waals surface area contributed by atoms with Crippen molar-refractivity contribution in [2.24, 2.45) is 5.41 Å². The largest absolute Gasteiger partial charge is 0.341 e. The summed E-state index contributed by atoms with van der Waals surface area (Å²) in [6.45, 7) is 2.59. The zero-order chi connectivity index (χ0) is 18.1. The van der Waals surface area contributed by atoms with Crippen molar-refractivity contribution >= 4 is 11.8 Å². The predicted molar refractivity (Wildman–Crippen MR) is 90.8 cm³/mol. The maximum Gasteiger partial charge on any atom is 0.256 e. The summed E-state index contributed by atoms with van der Waals surface area (Å²) in [5, 5.41) is 15.8. The standard InChI is InChI=1S/C18H18N6O2/c19-8-13-1-4-20-9-15(13)17(26)23-6-3-18(10-23)11-24(12-18)16(25)7-14-2-5-21-22-14/h1-2,4-5,9H,3,6-7,10-12H2,(H,21,22). The fraction of sp³-hybridized carbons (Fsp3) is 0.389. The van der Waals surface area contributed by atoms with E-state index in [-0.39, 0.29) is 17.2 Å². The number of nitrogens with one attached hydrogen (secondary N) is 1. The summed E-state index contributed by atoms with van der Waals surface area (Å²) >= 11 is 0. The Bertz CT molecular complexity index is 879. The van der Waals surface area contributed by atoms with Gasteiger partial charge in [0.25, 0.3) is 5.91 Å². The van der Waals surface area contributed by atoms with Crippen LogP contribution in [0, 0.1) is 16.7 Å². The van der Waals surface area contributed by atoms with E-state index in [0.29, 0.717) is 43.7 Å². The van der Waals surface area contributed by atoms with E-state index in [2.05, 4.69) is 15.2 Å². The summed E-state index contributed by atoms with van der Waals surface area (Å²) in [5.74, 6) is -0.0857. The molecule has 2 aromatic rings. The molecular formula is C18H18N6O2. The van der Waals surface area contributed by atoms with Crippen LogP contribution in [0.1, 0.15) is 28.0 Å². The summed E-state index contributed by atoms with van der Waals surface area (Å²) < 4.78 is 0. The second-order valence-corrected chi connectivity index (χ2v) is 7.02. The first-order valence-electron chi connectivity index (χ1n) is 8.50. The highest BCUT2D eigenvalue weighted by atomic mass is 16.2. The molecular weight excluding hydrogens is 332 g/mol. The van der Waals surface area contributed by atoms with Gasteiger partial charge in [-0.1, -0.05) is 0 Å². The molecule has 2 aromatic heterocycles. The molecule has 0 bridgehead atoms. The minimum atomic E-state index is -0.159. The third kappa shape index (κ3) is 2.81. The van der Waals surface area contributed by atoms with E-state index < -0.39 is 0 Å². The number of H-pyrrole nitrogens is 1. The van der Waals surface area contributed by atoms with Gasteiger partial charge >= 0.3 is 0 Å². The molecule has 0 atom stereocenters. The van der Waals surface area contributed by atoms with Crippen LogP contribution in [0.4, 0.5) is 0 Å². The summed E-state index contributed by atoms with van der Waals surface area (Å²) in [5.41, 5.74) is 1.48. The molecule has 132 valence electrons. The normalized spacial score (nSPS) is 17.8. The van der Waals surface area contributed by atoms with Crippen LogP contribution in [0.2, 0.25) is 0 Å². The summed E-state index contributed by atoms with van der Waals surface area (Å²) in [6.07, 6.45) is 5.78. The fourth-order valence-corrected chi connectivity index (χ4v) is 3.80. The molecule has 4 rings (SSSR count). The number of amides is 2. The molecule has 4 heterocycles. The van der Waals surface area contributed by atoms with Crippen LogP contribution < -0.4 is 0 Å². The lowest BCUT2D eigenvalue weighted by atomic mass is 9.79. The van der Waals surface area contributed by atoms with Crippen molar-refractivity contribution in [2.75, 3.05) is 26.2 Å². The Balaban J connectivity index is 1.37. The lowest BCUT2D eigenvalue weighted by Gasteiger charge is -2.48. The van der Waals surface area contributed by atoms with E-state index >= 15 is 0 Å². The quantitative estimate of drug-likeness (QED) is 0.872. The van der Waals surface area contributed by atoms with Crippen molar-refractivity contribution in [3.8, 4) is 6.07 Å². The molecule has 26 heavy (non-hydrogen) atoms. The number of nitriles is 1. The number of hydrogen-bond donors (Lipinski definition) is 1. The van der Waals surface area contributed by atoms with Crippen LogP contribution >= 0.6 is 0 Å². The highest BCUT2D eigenvalue weighted by molar-refractivity contribution is 5.96. The molecule has 2 aliphatic rings. The molecule has 2 aliphatic heterocycles. The first-order chi connectivity index (χ1) is 12.6. The zero-order valence-corrected chi connectivity index (χ0v) is 14.2. The molecule has 0 unspecified atom stereocenters. The fourth-order valence-electron chi connectivity index (χ4n) is 3.80. The third-order valence-corrected chi connectivity index (χ3v) is 5.20. The van der Waals surface area contributed by atoms with E-state index in [0.717, 1.165) is 12.1 Å². The van der Waals surface area contributed by atoms with Crippen LogP contribution in [0.15, 0.2) is 30.7 Å². The molecule has 1 N–H and O–H groups in total. The number of likely N-dealkylation sites (tertiary alicyclic amines) is 2. The molecule has 1 spiro atoms. The monoisotopic (exact) mass is 350 g/mol. The van der Waals surface area contributed by atoms with Crippen LogP contribution in [-0.4, -0.2) is 63.0 Å². The van der Waals surface area contributed by atoms with Gasteiger partial charge in [-0.25, -0.2) is 0 Å². The number of hydrogen-bond acceptors (Lipinski definition) is 5. The van der Waals surface area contributed by atoms with Gasteiger partial charge in [-0.05, 0) is 18.6 Å². The van der Waals surface area contributed by atoms with Crippen LogP contribution in [-0.2, 0) is 11.2 Å². The lowest BCUT2D eigenvalue weighted by molar-refractivity contribution is -0.141. The topological polar surface area (TPSA) is 106 Å². The number of carbonyl (C=O) groups excluding carboxylic acids is 2. The highest BCUT2D eigenvalue weighted by Crippen LogP contribution is 2.40. The first-order valence-corrected chi connectivity index (χ1v) is 8.50. The van der Waals surface area contributed by atoms with E-state index in [1.54, 1.807) is 23.2 Å². The number of aromatic nitrogens is 3. The number of rotatable bonds is 3. The van der Waals surface area contributed by atoms with Crippen molar-refractivity contribution in [1.82, 2.24) is 25.0 Å². The minimum Gasteiger partial charge on any atom is -0.341 e. The van der Waals surface area contributed by atoms with E-state index in [1.807, 2.05) is 11.0 Å². The molecule has 2 amide bonds. The van der Waals surface area contributed by atoms with Crippen molar-refractivity contribution in [1.29, 1.82) is 5.26 Å². The van der Waals surface area contributed by atoms with Gasteiger partial charge in [0.2, 0.25) is 5.91 Å². The smallest absolute Gasteiger partial charge is 0.256 e. The molecule has 2 saturated heterocycles. The molecule has 2 fully saturated rings. The summed E-state index contributed by atoms with van der Waals surface area (Å²) in [6, 6.07) is 5.39. The Morgan fingerprint density at radius 1 is 1.23 bits per heavy atom. The third-order valence-electron chi connectivity index (χ3n) is 5.20. The van der Waals surface area contributed by atoms with Crippen molar-refractivity contribution in [2.45, 2.75) is 12.8 Å².